The quantitative estimate of drug-likeness (QED) is 0.824. The molecule has 116 valence electrons. The second-order valence-corrected chi connectivity index (χ2v) is 6.78. The highest BCUT2D eigenvalue weighted by Gasteiger charge is 2.40. The summed E-state index contributed by atoms with van der Waals surface area (Å²) in [4.78, 5) is 4.39. The summed E-state index contributed by atoms with van der Waals surface area (Å²) < 4.78 is 5.48. The van der Waals surface area contributed by atoms with E-state index < -0.39 is 0 Å². The van der Waals surface area contributed by atoms with Gasteiger partial charge in [-0.05, 0) is 62.5 Å². The molecule has 0 aliphatic heterocycles. The summed E-state index contributed by atoms with van der Waals surface area (Å²) >= 11 is 0. The molecule has 4 atom stereocenters. The van der Waals surface area contributed by atoms with E-state index in [9.17, 15) is 0 Å². The normalized spacial score (nSPS) is 28.8. The molecule has 1 aromatic heterocycles. The van der Waals surface area contributed by atoms with Gasteiger partial charge in [-0.15, -0.1) is 0 Å². The number of nitrogens with zero attached hydrogens (tertiary/aromatic N) is 1. The van der Waals surface area contributed by atoms with Gasteiger partial charge in [0.2, 0.25) is 5.88 Å². The Hall–Kier alpha value is -1.09. The van der Waals surface area contributed by atoms with Gasteiger partial charge in [0, 0.05) is 17.8 Å². The summed E-state index contributed by atoms with van der Waals surface area (Å²) in [6.45, 7) is 3.28. The van der Waals surface area contributed by atoms with Gasteiger partial charge in [-0.25, -0.2) is 4.98 Å². The predicted octanol–water partition coefficient (Wildman–Crippen LogP) is 3.96. The molecule has 0 radical (unpaired) electrons. The van der Waals surface area contributed by atoms with Gasteiger partial charge in [-0.2, -0.15) is 0 Å². The molecule has 2 aliphatic rings. The van der Waals surface area contributed by atoms with E-state index in [1.807, 2.05) is 12.3 Å². The lowest BCUT2D eigenvalue weighted by molar-refractivity contribution is 0.275. The van der Waals surface area contributed by atoms with Crippen LogP contribution in [0.15, 0.2) is 18.3 Å². The van der Waals surface area contributed by atoms with Crippen LogP contribution in [-0.2, 0) is 0 Å². The molecule has 1 N–H and O–H groups in total. The molecule has 4 unspecified atom stereocenters. The summed E-state index contributed by atoms with van der Waals surface area (Å²) in [5, 5.41) is 3.73. The van der Waals surface area contributed by atoms with E-state index in [0.717, 1.165) is 36.6 Å². The summed E-state index contributed by atoms with van der Waals surface area (Å²) in [6, 6.07) is 4.59. The number of fused-ring (bicyclic) bond motifs is 2. The second-order valence-electron chi connectivity index (χ2n) is 6.78. The number of ether oxygens (including phenoxy) is 1. The zero-order chi connectivity index (χ0) is 14.7. The molecule has 0 aromatic carbocycles. The third-order valence-electron chi connectivity index (χ3n) is 5.43. The second kappa shape index (κ2) is 6.78. The molecule has 1 aromatic rings. The number of nitrogens with one attached hydrogen (secondary N) is 1. The number of methoxy groups -OCH3 is 1. The van der Waals surface area contributed by atoms with Crippen LogP contribution in [0.4, 0.5) is 0 Å². The first-order valence-corrected chi connectivity index (χ1v) is 8.54. The maximum absolute atomic E-state index is 5.48. The lowest BCUT2D eigenvalue weighted by Gasteiger charge is -2.28. The Kier molecular flexibility index (Phi) is 4.79. The first-order valence-electron chi connectivity index (χ1n) is 8.54. The topological polar surface area (TPSA) is 34.2 Å². The molecule has 3 heteroatoms. The maximum atomic E-state index is 5.48. The minimum Gasteiger partial charge on any atom is -0.481 e. The van der Waals surface area contributed by atoms with Crippen LogP contribution in [-0.4, -0.2) is 18.6 Å². The Morgan fingerprint density at radius 3 is 2.95 bits per heavy atom. The average molecular weight is 288 g/mol. The third-order valence-corrected chi connectivity index (χ3v) is 5.43. The predicted molar refractivity (Wildman–Crippen MR) is 85.4 cm³/mol. The molecule has 0 saturated heterocycles. The van der Waals surface area contributed by atoms with Gasteiger partial charge in [0.15, 0.2) is 0 Å². The fourth-order valence-electron chi connectivity index (χ4n) is 4.45. The van der Waals surface area contributed by atoms with E-state index in [-0.39, 0.29) is 0 Å². The Labute approximate surface area is 128 Å². The Bertz CT molecular complexity index is 462. The SMILES string of the molecule is CCCNC(CC1CC2CCC1C2)c1cccnc1OC. The van der Waals surface area contributed by atoms with Crippen LogP contribution < -0.4 is 10.1 Å². The number of rotatable bonds is 7. The number of aromatic nitrogens is 1. The van der Waals surface area contributed by atoms with Crippen molar-refractivity contribution in [3.8, 4) is 5.88 Å². The van der Waals surface area contributed by atoms with E-state index in [0.29, 0.717) is 6.04 Å². The van der Waals surface area contributed by atoms with Gasteiger partial charge < -0.3 is 10.1 Å². The van der Waals surface area contributed by atoms with Crippen molar-refractivity contribution in [1.82, 2.24) is 10.3 Å². The molecule has 3 rings (SSSR count). The van der Waals surface area contributed by atoms with Crippen molar-refractivity contribution in [2.45, 2.75) is 51.5 Å². The minimum atomic E-state index is 0.387. The standard InChI is InChI=1S/C18H28N2O/c1-3-8-19-17(16-5-4-9-20-18(16)21-2)12-15-11-13-6-7-14(15)10-13/h4-5,9,13-15,17,19H,3,6-8,10-12H2,1-2H3. The molecule has 2 bridgehead atoms. The van der Waals surface area contributed by atoms with Crippen LogP contribution >= 0.6 is 0 Å². The average Bonchev–Trinajstić information content (AvgIpc) is 3.14. The third kappa shape index (κ3) is 3.23. The fourth-order valence-corrected chi connectivity index (χ4v) is 4.45. The van der Waals surface area contributed by atoms with E-state index in [1.54, 1.807) is 7.11 Å². The maximum Gasteiger partial charge on any atom is 0.217 e. The van der Waals surface area contributed by atoms with Crippen LogP contribution in [0, 0.1) is 17.8 Å². The molecule has 2 fully saturated rings. The van der Waals surface area contributed by atoms with Gasteiger partial charge in [-0.3, -0.25) is 0 Å². The largest absolute Gasteiger partial charge is 0.481 e. The molecular weight excluding hydrogens is 260 g/mol. The first-order chi connectivity index (χ1) is 10.3. The van der Waals surface area contributed by atoms with Crippen molar-refractivity contribution < 1.29 is 4.74 Å². The van der Waals surface area contributed by atoms with Crippen molar-refractivity contribution >= 4 is 0 Å². The van der Waals surface area contributed by atoms with Gasteiger partial charge in [-0.1, -0.05) is 19.4 Å². The summed E-state index contributed by atoms with van der Waals surface area (Å²) in [7, 11) is 1.72. The molecular formula is C18H28N2O. The molecule has 0 amide bonds. The van der Waals surface area contributed by atoms with Crippen LogP contribution in [0.3, 0.4) is 0 Å². The molecule has 3 nitrogen and oxygen atoms in total. The Balaban J connectivity index is 1.74. The fraction of sp³-hybridized carbons (Fsp3) is 0.722. The smallest absolute Gasteiger partial charge is 0.217 e. The highest BCUT2D eigenvalue weighted by molar-refractivity contribution is 5.29. The zero-order valence-electron chi connectivity index (χ0n) is 13.3. The molecule has 2 aliphatic carbocycles. The molecule has 21 heavy (non-hydrogen) atoms. The van der Waals surface area contributed by atoms with E-state index in [1.165, 1.54) is 37.7 Å². The van der Waals surface area contributed by atoms with Crippen LogP contribution in [0.1, 0.15) is 57.1 Å². The number of hydrogen-bond acceptors (Lipinski definition) is 3. The van der Waals surface area contributed by atoms with Gasteiger partial charge >= 0.3 is 0 Å². The van der Waals surface area contributed by atoms with Gasteiger partial charge in [0.1, 0.15) is 0 Å². The number of pyridine rings is 1. The lowest BCUT2D eigenvalue weighted by Crippen LogP contribution is -2.26. The van der Waals surface area contributed by atoms with Crippen LogP contribution in [0.2, 0.25) is 0 Å². The van der Waals surface area contributed by atoms with E-state index in [2.05, 4.69) is 23.3 Å². The lowest BCUT2D eigenvalue weighted by atomic mass is 9.83. The van der Waals surface area contributed by atoms with E-state index >= 15 is 0 Å². The van der Waals surface area contributed by atoms with Crippen LogP contribution in [0.5, 0.6) is 5.88 Å². The Morgan fingerprint density at radius 2 is 2.29 bits per heavy atom. The van der Waals surface area contributed by atoms with Gasteiger partial charge in [0.25, 0.3) is 0 Å². The monoisotopic (exact) mass is 288 g/mol. The van der Waals surface area contributed by atoms with Gasteiger partial charge in [0.05, 0.1) is 7.11 Å². The number of hydrogen-bond donors (Lipinski definition) is 1. The Morgan fingerprint density at radius 1 is 1.38 bits per heavy atom. The summed E-state index contributed by atoms with van der Waals surface area (Å²) in [5.41, 5.74) is 1.23. The first kappa shape index (κ1) is 14.8. The summed E-state index contributed by atoms with van der Waals surface area (Å²) in [6.07, 6.45) is 10.1. The van der Waals surface area contributed by atoms with Crippen molar-refractivity contribution in [1.29, 1.82) is 0 Å². The minimum absolute atomic E-state index is 0.387. The highest BCUT2D eigenvalue weighted by atomic mass is 16.5. The highest BCUT2D eigenvalue weighted by Crippen LogP contribution is 2.51. The van der Waals surface area contributed by atoms with E-state index in [4.69, 9.17) is 4.74 Å². The zero-order valence-corrected chi connectivity index (χ0v) is 13.3. The molecule has 2 saturated carbocycles. The van der Waals surface area contributed by atoms with Crippen molar-refractivity contribution in [2.75, 3.05) is 13.7 Å². The van der Waals surface area contributed by atoms with Crippen molar-refractivity contribution in [3.05, 3.63) is 23.9 Å². The van der Waals surface area contributed by atoms with Crippen molar-refractivity contribution in [3.63, 3.8) is 0 Å². The summed E-state index contributed by atoms with van der Waals surface area (Å²) in [5.74, 6) is 3.67. The van der Waals surface area contributed by atoms with Crippen molar-refractivity contribution in [2.24, 2.45) is 17.8 Å². The molecule has 1 heterocycles. The molecule has 0 spiro atoms. The van der Waals surface area contributed by atoms with Crippen LogP contribution in [0.25, 0.3) is 0 Å².